The van der Waals surface area contributed by atoms with Crippen LogP contribution in [0.4, 0.5) is 5.69 Å². The van der Waals surface area contributed by atoms with Crippen molar-refractivity contribution in [3.05, 3.63) is 18.2 Å². The summed E-state index contributed by atoms with van der Waals surface area (Å²) in [5.74, 6) is 1.79. The lowest BCUT2D eigenvalue weighted by molar-refractivity contribution is -0.117. The highest BCUT2D eigenvalue weighted by atomic mass is 32.2. The molecule has 1 atom stereocenters. The smallest absolute Gasteiger partial charge is 0.241 e. The molecule has 0 bridgehead atoms. The predicted molar refractivity (Wildman–Crippen MR) is 90.0 cm³/mol. The number of thioether (sulfide) groups is 1. The highest BCUT2D eigenvalue weighted by Crippen LogP contribution is 2.30. The zero-order valence-corrected chi connectivity index (χ0v) is 14.1. The van der Waals surface area contributed by atoms with Crippen molar-refractivity contribution in [2.24, 2.45) is 5.73 Å². The summed E-state index contributed by atoms with van der Waals surface area (Å²) < 4.78 is 15.8. The van der Waals surface area contributed by atoms with Crippen LogP contribution in [0.1, 0.15) is 6.42 Å². The lowest BCUT2D eigenvalue weighted by Gasteiger charge is -2.14. The summed E-state index contributed by atoms with van der Waals surface area (Å²) in [6.07, 6.45) is 2.62. The first-order valence-electron chi connectivity index (χ1n) is 6.97. The van der Waals surface area contributed by atoms with E-state index in [0.717, 1.165) is 5.75 Å². The van der Waals surface area contributed by atoms with Gasteiger partial charge in [0.05, 0.1) is 19.8 Å². The van der Waals surface area contributed by atoms with Crippen LogP contribution in [0.5, 0.6) is 11.5 Å². The monoisotopic (exact) mass is 328 g/mol. The molecule has 0 unspecified atom stereocenters. The van der Waals surface area contributed by atoms with E-state index in [-0.39, 0.29) is 5.91 Å². The zero-order chi connectivity index (χ0) is 16.4. The van der Waals surface area contributed by atoms with Crippen molar-refractivity contribution in [1.82, 2.24) is 0 Å². The quantitative estimate of drug-likeness (QED) is 0.637. The van der Waals surface area contributed by atoms with E-state index in [1.54, 1.807) is 44.2 Å². The predicted octanol–water partition coefficient (Wildman–Crippen LogP) is 1.74. The summed E-state index contributed by atoms with van der Waals surface area (Å²) in [5.41, 5.74) is 6.47. The second kappa shape index (κ2) is 10.3. The number of ether oxygens (including phenoxy) is 3. The van der Waals surface area contributed by atoms with E-state index < -0.39 is 6.04 Å². The molecule has 0 aliphatic heterocycles. The number of anilines is 1. The fourth-order valence-corrected chi connectivity index (χ4v) is 2.20. The van der Waals surface area contributed by atoms with Crippen molar-refractivity contribution in [2.45, 2.75) is 12.5 Å². The molecule has 0 aliphatic rings. The number of amides is 1. The maximum absolute atomic E-state index is 12.0. The number of nitrogens with two attached hydrogens (primary N) is 1. The molecule has 124 valence electrons. The first-order valence-corrected chi connectivity index (χ1v) is 8.37. The number of methoxy groups -OCH3 is 2. The van der Waals surface area contributed by atoms with Gasteiger partial charge >= 0.3 is 0 Å². The molecule has 0 aliphatic carbocycles. The normalized spacial score (nSPS) is 11.8. The van der Waals surface area contributed by atoms with Gasteiger partial charge in [-0.25, -0.2) is 0 Å². The third kappa shape index (κ3) is 6.13. The van der Waals surface area contributed by atoms with Gasteiger partial charge in [0.2, 0.25) is 5.91 Å². The Morgan fingerprint density at radius 3 is 2.73 bits per heavy atom. The number of benzene rings is 1. The molecule has 6 nitrogen and oxygen atoms in total. The molecule has 7 heteroatoms. The van der Waals surface area contributed by atoms with E-state index in [9.17, 15) is 4.79 Å². The molecule has 1 aromatic carbocycles. The molecular weight excluding hydrogens is 304 g/mol. The summed E-state index contributed by atoms with van der Waals surface area (Å²) in [6.45, 7) is 0.872. The molecule has 0 heterocycles. The van der Waals surface area contributed by atoms with Crippen LogP contribution in [0.2, 0.25) is 0 Å². The van der Waals surface area contributed by atoms with Crippen molar-refractivity contribution in [2.75, 3.05) is 44.8 Å². The Morgan fingerprint density at radius 1 is 1.32 bits per heavy atom. The van der Waals surface area contributed by atoms with Crippen LogP contribution in [-0.2, 0) is 9.53 Å². The number of rotatable bonds is 10. The largest absolute Gasteiger partial charge is 0.493 e. The maximum Gasteiger partial charge on any atom is 0.241 e. The van der Waals surface area contributed by atoms with Crippen LogP contribution in [0.15, 0.2) is 18.2 Å². The van der Waals surface area contributed by atoms with Gasteiger partial charge in [-0.15, -0.1) is 0 Å². The molecule has 0 fully saturated rings. The van der Waals surface area contributed by atoms with Gasteiger partial charge < -0.3 is 25.3 Å². The van der Waals surface area contributed by atoms with Gasteiger partial charge in [-0.2, -0.15) is 11.8 Å². The van der Waals surface area contributed by atoms with Crippen molar-refractivity contribution in [3.8, 4) is 11.5 Å². The second-order valence-electron chi connectivity index (χ2n) is 4.58. The minimum absolute atomic E-state index is 0.206. The van der Waals surface area contributed by atoms with Gasteiger partial charge in [0.1, 0.15) is 6.61 Å². The Hall–Kier alpha value is -1.44. The van der Waals surface area contributed by atoms with E-state index in [4.69, 9.17) is 19.9 Å². The van der Waals surface area contributed by atoms with E-state index in [0.29, 0.717) is 36.8 Å². The first-order chi connectivity index (χ1) is 10.6. The molecule has 0 radical (unpaired) electrons. The van der Waals surface area contributed by atoms with Gasteiger partial charge in [-0.1, -0.05) is 0 Å². The Bertz CT molecular complexity index is 471. The Kier molecular flexibility index (Phi) is 8.72. The highest BCUT2D eigenvalue weighted by molar-refractivity contribution is 7.98. The minimum atomic E-state index is -0.521. The van der Waals surface area contributed by atoms with Gasteiger partial charge in [0.15, 0.2) is 11.5 Å². The molecule has 0 saturated carbocycles. The molecular formula is C15H24N2O4S. The Balaban J connectivity index is 2.70. The van der Waals surface area contributed by atoms with E-state index >= 15 is 0 Å². The Morgan fingerprint density at radius 2 is 2.09 bits per heavy atom. The van der Waals surface area contributed by atoms with Crippen LogP contribution < -0.4 is 20.5 Å². The number of carbonyl (C=O) groups excluding carboxylic acids is 1. The summed E-state index contributed by atoms with van der Waals surface area (Å²) in [4.78, 5) is 12.0. The topological polar surface area (TPSA) is 82.8 Å². The standard InChI is InChI=1S/C15H24N2O4S/c1-19-7-8-21-14-10-11(4-5-13(14)20-2)17-15(18)12(16)6-9-22-3/h4-5,10,12H,6-9,16H2,1-3H3,(H,17,18)/t12-/m0/s1. The van der Waals surface area contributed by atoms with Gasteiger partial charge in [-0.3, -0.25) is 4.79 Å². The lowest BCUT2D eigenvalue weighted by atomic mass is 10.2. The fourth-order valence-electron chi connectivity index (χ4n) is 1.71. The fraction of sp³-hybridized carbons (Fsp3) is 0.533. The third-order valence-corrected chi connectivity index (χ3v) is 3.59. The highest BCUT2D eigenvalue weighted by Gasteiger charge is 2.14. The average molecular weight is 328 g/mol. The zero-order valence-electron chi connectivity index (χ0n) is 13.3. The third-order valence-electron chi connectivity index (χ3n) is 2.95. The number of hydrogen-bond acceptors (Lipinski definition) is 6. The SMILES string of the molecule is COCCOc1cc(NC(=O)[C@@H](N)CCSC)ccc1OC. The van der Waals surface area contributed by atoms with Crippen LogP contribution in [0.25, 0.3) is 0 Å². The molecule has 1 rings (SSSR count). The second-order valence-corrected chi connectivity index (χ2v) is 5.57. The van der Waals surface area contributed by atoms with Crippen molar-refractivity contribution in [3.63, 3.8) is 0 Å². The van der Waals surface area contributed by atoms with Crippen LogP contribution in [0, 0.1) is 0 Å². The summed E-state index contributed by atoms with van der Waals surface area (Å²) in [7, 11) is 3.17. The minimum Gasteiger partial charge on any atom is -0.493 e. The average Bonchev–Trinajstić information content (AvgIpc) is 2.53. The summed E-state index contributed by atoms with van der Waals surface area (Å²) >= 11 is 1.66. The van der Waals surface area contributed by atoms with Crippen molar-refractivity contribution in [1.29, 1.82) is 0 Å². The molecule has 0 spiro atoms. The van der Waals surface area contributed by atoms with E-state index in [1.807, 2.05) is 6.26 Å². The van der Waals surface area contributed by atoms with Crippen LogP contribution in [0.3, 0.4) is 0 Å². The Labute approximate surface area is 135 Å². The maximum atomic E-state index is 12.0. The van der Waals surface area contributed by atoms with Crippen LogP contribution in [-0.4, -0.2) is 51.4 Å². The molecule has 1 amide bonds. The molecule has 3 N–H and O–H groups in total. The molecule has 0 saturated heterocycles. The van der Waals surface area contributed by atoms with Gasteiger partial charge in [-0.05, 0) is 30.6 Å². The van der Waals surface area contributed by atoms with Crippen molar-refractivity contribution < 1.29 is 19.0 Å². The van der Waals surface area contributed by atoms with E-state index in [1.165, 1.54) is 0 Å². The van der Waals surface area contributed by atoms with Gasteiger partial charge in [0.25, 0.3) is 0 Å². The number of carbonyl (C=O) groups is 1. The summed E-state index contributed by atoms with van der Waals surface area (Å²) in [6, 6.07) is 4.69. The van der Waals surface area contributed by atoms with Crippen molar-refractivity contribution >= 4 is 23.4 Å². The lowest BCUT2D eigenvalue weighted by Crippen LogP contribution is -2.36. The van der Waals surface area contributed by atoms with E-state index in [2.05, 4.69) is 5.32 Å². The summed E-state index contributed by atoms with van der Waals surface area (Å²) in [5, 5.41) is 2.79. The van der Waals surface area contributed by atoms with Crippen LogP contribution >= 0.6 is 11.8 Å². The number of hydrogen-bond donors (Lipinski definition) is 2. The molecule has 1 aromatic rings. The van der Waals surface area contributed by atoms with Gasteiger partial charge in [0, 0.05) is 18.9 Å². The molecule has 0 aromatic heterocycles. The number of nitrogens with one attached hydrogen (secondary N) is 1. The first kappa shape index (κ1) is 18.6. The molecule has 22 heavy (non-hydrogen) atoms.